The number of carbonyl (C=O) groups excluding carboxylic acids is 2. The summed E-state index contributed by atoms with van der Waals surface area (Å²) in [5.74, 6) is 0.0283. The molecule has 3 amide bonds. The summed E-state index contributed by atoms with van der Waals surface area (Å²) >= 11 is 0. The number of fused-ring (bicyclic) bond motifs is 6. The van der Waals surface area contributed by atoms with Gasteiger partial charge in [-0.25, -0.2) is 9.18 Å². The second-order valence-electron chi connectivity index (χ2n) is 8.69. The summed E-state index contributed by atoms with van der Waals surface area (Å²) in [4.78, 5) is 28.9. The monoisotopic (exact) mass is 439 g/mol. The van der Waals surface area contributed by atoms with Crippen molar-refractivity contribution < 1.29 is 23.5 Å². The van der Waals surface area contributed by atoms with Crippen LogP contribution in [0.5, 0.6) is 5.75 Å². The molecule has 1 N–H and O–H groups in total. The number of hydrogen-bond donors (Lipinski definition) is 1. The van der Waals surface area contributed by atoms with E-state index in [1.165, 1.54) is 0 Å². The predicted octanol–water partition coefficient (Wildman–Crippen LogP) is 2.44. The van der Waals surface area contributed by atoms with Crippen molar-refractivity contribution in [2.45, 2.75) is 24.4 Å². The Morgan fingerprint density at radius 2 is 1.91 bits per heavy atom. The second kappa shape index (κ2) is 8.09. The maximum Gasteiger partial charge on any atom is 0.320 e. The van der Waals surface area contributed by atoms with Crippen LogP contribution in [0.4, 0.5) is 9.18 Å². The van der Waals surface area contributed by atoms with E-state index in [0.29, 0.717) is 48.6 Å². The third-order valence-corrected chi connectivity index (χ3v) is 6.72. The molecule has 3 aliphatic rings. The molecule has 2 atom stereocenters. The molecule has 0 aliphatic carbocycles. The lowest BCUT2D eigenvalue weighted by atomic mass is 9.85. The van der Waals surface area contributed by atoms with Gasteiger partial charge in [0.2, 0.25) is 5.91 Å². The molecule has 5 rings (SSSR count). The van der Waals surface area contributed by atoms with Crippen molar-refractivity contribution in [2.24, 2.45) is 0 Å². The van der Waals surface area contributed by atoms with Gasteiger partial charge < -0.3 is 24.6 Å². The molecule has 0 radical (unpaired) electrons. The Hall–Kier alpha value is -3.13. The van der Waals surface area contributed by atoms with E-state index < -0.39 is 11.6 Å². The zero-order valence-electron chi connectivity index (χ0n) is 18.0. The van der Waals surface area contributed by atoms with Gasteiger partial charge >= 0.3 is 6.03 Å². The van der Waals surface area contributed by atoms with Crippen LogP contribution in [0, 0.1) is 5.82 Å². The Morgan fingerprint density at radius 1 is 1.09 bits per heavy atom. The van der Waals surface area contributed by atoms with Crippen LogP contribution in [0.1, 0.15) is 12.0 Å². The number of halogens is 1. The van der Waals surface area contributed by atoms with Crippen molar-refractivity contribution in [3.63, 3.8) is 0 Å². The maximum absolute atomic E-state index is 15.8. The average Bonchev–Trinajstić information content (AvgIpc) is 3.11. The summed E-state index contributed by atoms with van der Waals surface area (Å²) in [6.07, 6.45) is 0.829. The Morgan fingerprint density at radius 3 is 2.75 bits per heavy atom. The number of urea groups is 1. The van der Waals surface area contributed by atoms with Gasteiger partial charge in [0.15, 0.2) is 0 Å². The molecule has 2 saturated heterocycles. The van der Waals surface area contributed by atoms with Gasteiger partial charge in [0.05, 0.1) is 24.7 Å². The van der Waals surface area contributed by atoms with E-state index >= 15 is 4.39 Å². The first-order valence-electron chi connectivity index (χ1n) is 10.9. The smallest absolute Gasteiger partial charge is 0.320 e. The van der Waals surface area contributed by atoms with Crippen LogP contribution in [0.15, 0.2) is 42.5 Å². The average molecular weight is 439 g/mol. The van der Waals surface area contributed by atoms with Gasteiger partial charge in [-0.3, -0.25) is 4.79 Å². The van der Waals surface area contributed by atoms with Crippen LogP contribution in [-0.4, -0.2) is 73.3 Å². The van der Waals surface area contributed by atoms with Crippen molar-refractivity contribution >= 4 is 11.9 Å². The van der Waals surface area contributed by atoms with E-state index in [9.17, 15) is 9.59 Å². The lowest BCUT2D eigenvalue weighted by Gasteiger charge is -2.41. The van der Waals surface area contributed by atoms with E-state index in [2.05, 4.69) is 5.32 Å². The minimum absolute atomic E-state index is 0.000286. The van der Waals surface area contributed by atoms with Gasteiger partial charge in [-0.1, -0.05) is 36.4 Å². The van der Waals surface area contributed by atoms with Gasteiger partial charge in [-0.2, -0.15) is 0 Å². The second-order valence-corrected chi connectivity index (χ2v) is 8.69. The number of para-hydroxylation sites is 1. The van der Waals surface area contributed by atoms with Gasteiger partial charge in [0.25, 0.3) is 0 Å². The minimum atomic E-state index is -0.733. The predicted molar refractivity (Wildman–Crippen MR) is 116 cm³/mol. The minimum Gasteiger partial charge on any atom is -0.491 e. The van der Waals surface area contributed by atoms with Crippen LogP contribution in [0.25, 0.3) is 11.1 Å². The summed E-state index contributed by atoms with van der Waals surface area (Å²) in [5.41, 5.74) is 0.887. The van der Waals surface area contributed by atoms with Crippen LogP contribution < -0.4 is 10.1 Å². The van der Waals surface area contributed by atoms with E-state index in [0.717, 1.165) is 0 Å². The fraction of sp³-hybridized carbons (Fsp3) is 0.417. The summed E-state index contributed by atoms with van der Waals surface area (Å²) < 4.78 is 27.3. The van der Waals surface area contributed by atoms with Crippen LogP contribution in [0.2, 0.25) is 0 Å². The van der Waals surface area contributed by atoms with Crippen LogP contribution >= 0.6 is 0 Å². The van der Waals surface area contributed by atoms with Crippen molar-refractivity contribution in [1.29, 1.82) is 0 Å². The highest BCUT2D eigenvalue weighted by molar-refractivity contribution is 5.80. The molecule has 32 heavy (non-hydrogen) atoms. The quantitative estimate of drug-likeness (QED) is 0.685. The van der Waals surface area contributed by atoms with Crippen molar-refractivity contribution in [3.05, 3.63) is 53.8 Å². The maximum atomic E-state index is 15.8. The van der Waals surface area contributed by atoms with Crippen LogP contribution in [-0.2, 0) is 16.0 Å². The number of morpholine rings is 1. The number of likely N-dealkylation sites (N-methyl/N-ethyl adjacent to an activating group) is 1. The van der Waals surface area contributed by atoms with Gasteiger partial charge in [-0.05, 0) is 24.5 Å². The number of benzene rings is 2. The number of nitrogens with one attached hydrogen (secondary N) is 1. The molecule has 3 aliphatic heterocycles. The Kier molecular flexibility index (Phi) is 5.25. The Bertz CT molecular complexity index is 1060. The highest BCUT2D eigenvalue weighted by atomic mass is 19.1. The van der Waals surface area contributed by atoms with E-state index in [1.54, 1.807) is 29.0 Å². The lowest BCUT2D eigenvalue weighted by molar-refractivity contribution is -0.136. The summed E-state index contributed by atoms with van der Waals surface area (Å²) in [5, 5.41) is 3.07. The fourth-order valence-corrected chi connectivity index (χ4v) is 5.04. The van der Waals surface area contributed by atoms with Gasteiger partial charge in [-0.15, -0.1) is 0 Å². The van der Waals surface area contributed by atoms with Crippen molar-refractivity contribution in [3.8, 4) is 16.9 Å². The number of hydrogen-bond acceptors (Lipinski definition) is 4. The zero-order valence-corrected chi connectivity index (χ0v) is 18.0. The lowest BCUT2D eigenvalue weighted by Crippen LogP contribution is -2.64. The molecule has 0 aromatic heterocycles. The summed E-state index contributed by atoms with van der Waals surface area (Å²) in [6, 6.07) is 12.1. The summed E-state index contributed by atoms with van der Waals surface area (Å²) in [7, 11) is 1.73. The zero-order chi connectivity index (χ0) is 22.3. The molecule has 3 heterocycles. The number of carbonyl (C=O) groups is 2. The Balaban J connectivity index is 1.62. The molecule has 2 aromatic rings. The molecule has 0 unspecified atom stereocenters. The molecule has 2 fully saturated rings. The van der Waals surface area contributed by atoms with Crippen molar-refractivity contribution in [2.75, 3.05) is 40.0 Å². The molecule has 0 saturated carbocycles. The highest BCUT2D eigenvalue weighted by Crippen LogP contribution is 2.37. The van der Waals surface area contributed by atoms with E-state index in [4.69, 9.17) is 9.47 Å². The third-order valence-electron chi connectivity index (χ3n) is 6.72. The standard InChI is InChI=1S/C24H26FN3O4/c1-27-11-12-32-19-8-3-2-6-17(19)18-7-4-5-16(22(18)25)13-20-24(9-10-28(20)23(27)30)15-31-14-21(29)26-24/h2-8,20H,9-15H2,1H3,(H,26,29)/t20-,24+/m0/s1. The SMILES string of the molecule is CN1CCOc2ccccc2-c2cccc(c2F)C[C@@H]2N(CC[C@@]23COCC(=O)N3)C1=O. The molecular weight excluding hydrogens is 413 g/mol. The molecule has 2 aromatic carbocycles. The molecular formula is C24H26FN3O4. The molecule has 2 bridgehead atoms. The van der Waals surface area contributed by atoms with E-state index in [-0.39, 0.29) is 37.4 Å². The number of nitrogens with zero attached hydrogens (tertiary/aromatic N) is 2. The normalized spacial score (nSPS) is 25.8. The molecule has 1 spiro atoms. The number of rotatable bonds is 0. The first-order valence-corrected chi connectivity index (χ1v) is 10.9. The molecule has 168 valence electrons. The van der Waals surface area contributed by atoms with Crippen LogP contribution in [0.3, 0.4) is 0 Å². The van der Waals surface area contributed by atoms with Crippen molar-refractivity contribution in [1.82, 2.24) is 15.1 Å². The first-order chi connectivity index (χ1) is 15.5. The fourth-order valence-electron chi connectivity index (χ4n) is 5.04. The third kappa shape index (κ3) is 3.48. The van der Waals surface area contributed by atoms with E-state index in [1.807, 2.05) is 30.3 Å². The largest absolute Gasteiger partial charge is 0.491 e. The van der Waals surface area contributed by atoms with Gasteiger partial charge in [0, 0.05) is 24.7 Å². The first kappa shape index (κ1) is 20.8. The summed E-state index contributed by atoms with van der Waals surface area (Å²) in [6.45, 7) is 1.42. The van der Waals surface area contributed by atoms with Gasteiger partial charge in [0.1, 0.15) is 24.8 Å². The Labute approximate surface area is 186 Å². The molecule has 8 heteroatoms. The number of amides is 3. The highest BCUT2D eigenvalue weighted by Gasteiger charge is 2.52. The molecule has 7 nitrogen and oxygen atoms in total. The topological polar surface area (TPSA) is 71.1 Å². The number of ether oxygens (including phenoxy) is 2.